The van der Waals surface area contributed by atoms with Gasteiger partial charge in [0.15, 0.2) is 0 Å². The Balaban J connectivity index is 1.66. The van der Waals surface area contributed by atoms with Crippen molar-refractivity contribution in [2.75, 3.05) is 36.0 Å². The third-order valence-electron chi connectivity index (χ3n) is 3.61. The lowest BCUT2D eigenvalue weighted by molar-refractivity contribution is 0.644. The van der Waals surface area contributed by atoms with Crippen molar-refractivity contribution < 1.29 is 0 Å². The standard InChI is InChI=1S/C15H19N5/c16-10-13-11-17-12-15(18-13)20-8-6-19(7-9-20)14-4-2-1-3-5-14/h1-5,11-12H,6-10,16H2. The largest absolute Gasteiger partial charge is 0.368 e. The maximum atomic E-state index is 5.62. The lowest BCUT2D eigenvalue weighted by Crippen LogP contribution is -2.46. The molecule has 1 saturated heterocycles. The first kappa shape index (κ1) is 12.9. The van der Waals surface area contributed by atoms with Gasteiger partial charge < -0.3 is 15.5 Å². The highest BCUT2D eigenvalue weighted by Crippen LogP contribution is 2.18. The minimum Gasteiger partial charge on any atom is -0.368 e. The first-order chi connectivity index (χ1) is 9.86. The summed E-state index contributed by atoms with van der Waals surface area (Å²) in [5, 5.41) is 0. The van der Waals surface area contributed by atoms with Crippen LogP contribution in [0.4, 0.5) is 11.5 Å². The molecule has 1 aromatic heterocycles. The monoisotopic (exact) mass is 269 g/mol. The smallest absolute Gasteiger partial charge is 0.147 e. The van der Waals surface area contributed by atoms with Crippen molar-refractivity contribution in [3.8, 4) is 0 Å². The zero-order valence-corrected chi connectivity index (χ0v) is 11.4. The van der Waals surface area contributed by atoms with Crippen molar-refractivity contribution in [3.63, 3.8) is 0 Å². The average Bonchev–Trinajstić information content (AvgIpc) is 2.56. The van der Waals surface area contributed by atoms with Crippen molar-refractivity contribution in [1.29, 1.82) is 0 Å². The number of piperazine rings is 1. The highest BCUT2D eigenvalue weighted by Gasteiger charge is 2.18. The molecule has 2 N–H and O–H groups in total. The summed E-state index contributed by atoms with van der Waals surface area (Å²) in [5.74, 6) is 0.931. The lowest BCUT2D eigenvalue weighted by atomic mass is 10.2. The summed E-state index contributed by atoms with van der Waals surface area (Å²) < 4.78 is 0. The number of nitrogens with two attached hydrogens (primary N) is 1. The Bertz CT molecular complexity index is 549. The molecule has 0 unspecified atom stereocenters. The SMILES string of the molecule is NCc1cncc(N2CCN(c3ccccc3)CC2)n1. The predicted molar refractivity (Wildman–Crippen MR) is 80.8 cm³/mol. The van der Waals surface area contributed by atoms with E-state index >= 15 is 0 Å². The molecule has 0 spiro atoms. The molecule has 2 aromatic rings. The van der Waals surface area contributed by atoms with Gasteiger partial charge in [0.2, 0.25) is 0 Å². The van der Waals surface area contributed by atoms with Crippen LogP contribution in [0, 0.1) is 0 Å². The summed E-state index contributed by atoms with van der Waals surface area (Å²) >= 11 is 0. The fourth-order valence-electron chi connectivity index (χ4n) is 2.48. The first-order valence-electron chi connectivity index (χ1n) is 6.93. The Hall–Kier alpha value is -2.14. The van der Waals surface area contributed by atoms with E-state index in [0.717, 1.165) is 37.7 Å². The van der Waals surface area contributed by atoms with Crippen molar-refractivity contribution in [2.24, 2.45) is 5.73 Å². The van der Waals surface area contributed by atoms with E-state index in [1.54, 1.807) is 6.20 Å². The quantitative estimate of drug-likeness (QED) is 0.909. The second-order valence-electron chi connectivity index (χ2n) is 4.88. The van der Waals surface area contributed by atoms with Gasteiger partial charge in [0.05, 0.1) is 11.9 Å². The molecule has 0 radical (unpaired) electrons. The van der Waals surface area contributed by atoms with Crippen molar-refractivity contribution in [2.45, 2.75) is 6.54 Å². The molecule has 20 heavy (non-hydrogen) atoms. The topological polar surface area (TPSA) is 58.3 Å². The Kier molecular flexibility index (Phi) is 3.78. The predicted octanol–water partition coefficient (Wildman–Crippen LogP) is 1.26. The summed E-state index contributed by atoms with van der Waals surface area (Å²) in [5.41, 5.74) is 7.74. The van der Waals surface area contributed by atoms with E-state index in [4.69, 9.17) is 5.73 Å². The highest BCUT2D eigenvalue weighted by atomic mass is 15.3. The van der Waals surface area contributed by atoms with E-state index in [2.05, 4.69) is 44.0 Å². The third kappa shape index (κ3) is 2.72. The van der Waals surface area contributed by atoms with Crippen LogP contribution in [0.1, 0.15) is 5.69 Å². The fourth-order valence-corrected chi connectivity index (χ4v) is 2.48. The van der Waals surface area contributed by atoms with Gasteiger partial charge in [0.1, 0.15) is 5.82 Å². The van der Waals surface area contributed by atoms with Gasteiger partial charge >= 0.3 is 0 Å². The number of benzene rings is 1. The number of anilines is 2. The zero-order chi connectivity index (χ0) is 13.8. The van der Waals surface area contributed by atoms with Crippen LogP contribution in [0.5, 0.6) is 0 Å². The molecule has 5 heteroatoms. The molecule has 1 fully saturated rings. The minimum absolute atomic E-state index is 0.435. The number of aromatic nitrogens is 2. The van der Waals surface area contributed by atoms with Gasteiger partial charge in [-0.3, -0.25) is 4.98 Å². The Labute approximate surface area is 119 Å². The zero-order valence-electron chi connectivity index (χ0n) is 11.4. The van der Waals surface area contributed by atoms with E-state index in [1.807, 2.05) is 12.3 Å². The van der Waals surface area contributed by atoms with Crippen LogP contribution >= 0.6 is 0 Å². The van der Waals surface area contributed by atoms with Gasteiger partial charge in [-0.2, -0.15) is 0 Å². The summed E-state index contributed by atoms with van der Waals surface area (Å²) in [6.45, 7) is 4.34. The van der Waals surface area contributed by atoms with E-state index in [9.17, 15) is 0 Å². The first-order valence-corrected chi connectivity index (χ1v) is 6.93. The van der Waals surface area contributed by atoms with Gasteiger partial charge in [-0.15, -0.1) is 0 Å². The molecule has 0 bridgehead atoms. The number of hydrogen-bond donors (Lipinski definition) is 1. The second-order valence-corrected chi connectivity index (χ2v) is 4.88. The third-order valence-corrected chi connectivity index (χ3v) is 3.61. The number of rotatable bonds is 3. The Morgan fingerprint density at radius 2 is 1.65 bits per heavy atom. The highest BCUT2D eigenvalue weighted by molar-refractivity contribution is 5.48. The molecule has 5 nitrogen and oxygen atoms in total. The summed E-state index contributed by atoms with van der Waals surface area (Å²) in [6.07, 6.45) is 3.54. The van der Waals surface area contributed by atoms with Crippen LogP contribution in [0.15, 0.2) is 42.7 Å². The van der Waals surface area contributed by atoms with E-state index in [1.165, 1.54) is 5.69 Å². The van der Waals surface area contributed by atoms with Gasteiger partial charge in [-0.25, -0.2) is 4.98 Å². The maximum Gasteiger partial charge on any atom is 0.147 e. The number of hydrogen-bond acceptors (Lipinski definition) is 5. The second kappa shape index (κ2) is 5.88. The van der Waals surface area contributed by atoms with Gasteiger partial charge in [0, 0.05) is 44.6 Å². The molecule has 1 aromatic carbocycles. The van der Waals surface area contributed by atoms with Crippen molar-refractivity contribution in [3.05, 3.63) is 48.4 Å². The van der Waals surface area contributed by atoms with Gasteiger partial charge in [-0.05, 0) is 12.1 Å². The molecular weight excluding hydrogens is 250 g/mol. The summed E-state index contributed by atoms with van der Waals surface area (Å²) in [6, 6.07) is 10.5. The van der Waals surface area contributed by atoms with Crippen LogP contribution < -0.4 is 15.5 Å². The molecule has 1 aliphatic heterocycles. The molecule has 2 heterocycles. The summed E-state index contributed by atoms with van der Waals surface area (Å²) in [7, 11) is 0. The molecule has 3 rings (SSSR count). The molecule has 1 aliphatic rings. The lowest BCUT2D eigenvalue weighted by Gasteiger charge is -2.36. The van der Waals surface area contributed by atoms with Crippen LogP contribution in [-0.4, -0.2) is 36.1 Å². The van der Waals surface area contributed by atoms with Gasteiger partial charge in [-0.1, -0.05) is 18.2 Å². The van der Waals surface area contributed by atoms with Crippen LogP contribution in [0.25, 0.3) is 0 Å². The fraction of sp³-hybridized carbons (Fsp3) is 0.333. The average molecular weight is 269 g/mol. The van der Waals surface area contributed by atoms with Crippen LogP contribution in [0.2, 0.25) is 0 Å². The molecular formula is C15H19N5. The minimum atomic E-state index is 0.435. The number of para-hydroxylation sites is 1. The van der Waals surface area contributed by atoms with Crippen molar-refractivity contribution in [1.82, 2.24) is 9.97 Å². The molecule has 0 atom stereocenters. The van der Waals surface area contributed by atoms with Gasteiger partial charge in [0.25, 0.3) is 0 Å². The Morgan fingerprint density at radius 1 is 0.950 bits per heavy atom. The molecule has 0 amide bonds. The maximum absolute atomic E-state index is 5.62. The van der Waals surface area contributed by atoms with E-state index in [-0.39, 0.29) is 0 Å². The normalized spacial score (nSPS) is 15.4. The van der Waals surface area contributed by atoms with Crippen LogP contribution in [0.3, 0.4) is 0 Å². The molecule has 0 aliphatic carbocycles. The Morgan fingerprint density at radius 3 is 2.35 bits per heavy atom. The van der Waals surface area contributed by atoms with E-state index in [0.29, 0.717) is 6.54 Å². The van der Waals surface area contributed by atoms with Crippen LogP contribution in [-0.2, 0) is 6.54 Å². The van der Waals surface area contributed by atoms with E-state index < -0.39 is 0 Å². The summed E-state index contributed by atoms with van der Waals surface area (Å²) in [4.78, 5) is 13.4. The molecule has 104 valence electrons. The van der Waals surface area contributed by atoms with Crippen molar-refractivity contribution >= 4 is 11.5 Å². The number of nitrogens with zero attached hydrogens (tertiary/aromatic N) is 4. The molecule has 0 saturated carbocycles.